The molecule has 0 bridgehead atoms. The molecule has 3 unspecified atom stereocenters. The van der Waals surface area contributed by atoms with Crippen molar-refractivity contribution in [1.82, 2.24) is 0 Å². The number of ether oxygens (including phenoxy) is 3. The van der Waals surface area contributed by atoms with Crippen molar-refractivity contribution in [2.45, 2.75) is 18.7 Å². The summed E-state index contributed by atoms with van der Waals surface area (Å²) in [5.41, 5.74) is 6.83. The first kappa shape index (κ1) is 22.3. The van der Waals surface area contributed by atoms with Gasteiger partial charge < -0.3 is 19.9 Å². The molecule has 10 heteroatoms. The van der Waals surface area contributed by atoms with Crippen LogP contribution in [-0.4, -0.2) is 47.0 Å². The van der Waals surface area contributed by atoms with E-state index in [1.807, 2.05) is 6.07 Å². The molecule has 156 valence electrons. The SMILES string of the molecule is COC(=O)C(C(N)C(=O)OCc1ccccc1)N(c1ccc(OC)cc1)S(=O)O. The molecule has 3 N–H and O–H groups in total. The average molecular weight is 422 g/mol. The van der Waals surface area contributed by atoms with Crippen molar-refractivity contribution in [2.24, 2.45) is 5.73 Å². The third-order valence-electron chi connectivity index (χ3n) is 4.03. The van der Waals surface area contributed by atoms with Crippen LogP contribution in [0, 0.1) is 0 Å². The zero-order valence-corrected chi connectivity index (χ0v) is 16.7. The van der Waals surface area contributed by atoms with Gasteiger partial charge in [-0.15, -0.1) is 0 Å². The van der Waals surface area contributed by atoms with Crippen LogP contribution >= 0.6 is 0 Å². The summed E-state index contributed by atoms with van der Waals surface area (Å²) in [5.74, 6) is -1.39. The fraction of sp³-hybridized carbons (Fsp3) is 0.263. The lowest BCUT2D eigenvalue weighted by Crippen LogP contribution is -2.57. The second kappa shape index (κ2) is 10.6. The van der Waals surface area contributed by atoms with Gasteiger partial charge in [0.1, 0.15) is 18.4 Å². The summed E-state index contributed by atoms with van der Waals surface area (Å²) in [5, 5.41) is 0. The molecule has 0 saturated heterocycles. The predicted octanol–water partition coefficient (Wildman–Crippen LogP) is 1.25. The van der Waals surface area contributed by atoms with Crippen molar-refractivity contribution in [3.8, 4) is 5.75 Å². The van der Waals surface area contributed by atoms with Crippen molar-refractivity contribution in [2.75, 3.05) is 18.5 Å². The monoisotopic (exact) mass is 422 g/mol. The number of anilines is 1. The van der Waals surface area contributed by atoms with Crippen LogP contribution in [0.5, 0.6) is 5.75 Å². The van der Waals surface area contributed by atoms with Gasteiger partial charge in [0, 0.05) is 0 Å². The minimum atomic E-state index is -2.69. The number of nitrogens with zero attached hydrogens (tertiary/aromatic N) is 1. The number of esters is 2. The Morgan fingerprint density at radius 3 is 2.21 bits per heavy atom. The van der Waals surface area contributed by atoms with Gasteiger partial charge in [-0.1, -0.05) is 30.3 Å². The highest BCUT2D eigenvalue weighted by Crippen LogP contribution is 2.24. The summed E-state index contributed by atoms with van der Waals surface area (Å²) in [6.45, 7) is -0.0635. The van der Waals surface area contributed by atoms with E-state index >= 15 is 0 Å². The molecular weight excluding hydrogens is 400 g/mol. The molecule has 29 heavy (non-hydrogen) atoms. The zero-order chi connectivity index (χ0) is 21.4. The lowest BCUT2D eigenvalue weighted by atomic mass is 10.1. The smallest absolute Gasteiger partial charge is 0.331 e. The second-order valence-corrected chi connectivity index (χ2v) is 6.70. The third kappa shape index (κ3) is 5.76. The molecule has 2 rings (SSSR count). The molecule has 0 aliphatic heterocycles. The molecule has 3 atom stereocenters. The van der Waals surface area contributed by atoms with E-state index in [9.17, 15) is 18.4 Å². The molecule has 9 nitrogen and oxygen atoms in total. The summed E-state index contributed by atoms with van der Waals surface area (Å²) < 4.78 is 37.5. The number of benzene rings is 2. The zero-order valence-electron chi connectivity index (χ0n) is 15.9. The van der Waals surface area contributed by atoms with Gasteiger partial charge in [-0.3, -0.25) is 13.7 Å². The molecule has 0 radical (unpaired) electrons. The lowest BCUT2D eigenvalue weighted by Gasteiger charge is -2.30. The Bertz CT molecular complexity index is 845. The molecule has 0 amide bonds. The van der Waals surface area contributed by atoms with E-state index in [-0.39, 0.29) is 12.3 Å². The Kier molecular flexibility index (Phi) is 8.13. The standard InChI is InChI=1S/C19H22N2O7S/c1-26-15-10-8-14(9-11-15)21(29(24)25)17(19(23)27-2)16(20)18(22)28-12-13-6-4-3-5-7-13/h3-11,16-17H,12,20H2,1-2H3,(H,24,25). The Balaban J connectivity index is 2.27. The van der Waals surface area contributed by atoms with Gasteiger partial charge in [0.15, 0.2) is 6.04 Å². The fourth-order valence-corrected chi connectivity index (χ4v) is 3.25. The average Bonchev–Trinajstić information content (AvgIpc) is 2.75. The molecule has 0 aliphatic rings. The van der Waals surface area contributed by atoms with Gasteiger partial charge in [-0.05, 0) is 29.8 Å². The van der Waals surface area contributed by atoms with E-state index in [0.29, 0.717) is 5.75 Å². The third-order valence-corrected chi connectivity index (χ3v) is 4.80. The van der Waals surface area contributed by atoms with Crippen LogP contribution in [0.1, 0.15) is 5.56 Å². The molecule has 0 fully saturated rings. The maximum absolute atomic E-state index is 12.5. The molecule has 0 aliphatic carbocycles. The lowest BCUT2D eigenvalue weighted by molar-refractivity contribution is -0.152. The summed E-state index contributed by atoms with van der Waals surface area (Å²) in [6.07, 6.45) is 0. The number of carbonyl (C=O) groups is 2. The van der Waals surface area contributed by atoms with Crippen molar-refractivity contribution in [1.29, 1.82) is 0 Å². The van der Waals surface area contributed by atoms with Gasteiger partial charge in [-0.2, -0.15) is 0 Å². The van der Waals surface area contributed by atoms with E-state index < -0.39 is 35.3 Å². The maximum Gasteiger partial charge on any atom is 0.331 e. The van der Waals surface area contributed by atoms with E-state index in [2.05, 4.69) is 0 Å². The summed E-state index contributed by atoms with van der Waals surface area (Å²) in [6, 6.07) is 11.7. The second-order valence-electron chi connectivity index (χ2n) is 5.84. The van der Waals surface area contributed by atoms with E-state index in [1.54, 1.807) is 24.3 Å². The first-order chi connectivity index (χ1) is 13.9. The van der Waals surface area contributed by atoms with Crippen molar-refractivity contribution in [3.05, 3.63) is 60.2 Å². The number of methoxy groups -OCH3 is 2. The molecule has 0 spiro atoms. The maximum atomic E-state index is 12.5. The van der Waals surface area contributed by atoms with E-state index in [4.69, 9.17) is 19.9 Å². The quantitative estimate of drug-likeness (QED) is 0.456. The Morgan fingerprint density at radius 2 is 1.69 bits per heavy atom. The minimum Gasteiger partial charge on any atom is -0.497 e. The number of nitrogens with two attached hydrogens (primary N) is 1. The Hall–Kier alpha value is -2.95. The minimum absolute atomic E-state index is 0.0635. The highest BCUT2D eigenvalue weighted by atomic mass is 32.2. The molecule has 2 aromatic carbocycles. The van der Waals surface area contributed by atoms with Gasteiger partial charge in [0.2, 0.25) is 0 Å². The Morgan fingerprint density at radius 1 is 1.07 bits per heavy atom. The summed E-state index contributed by atoms with van der Waals surface area (Å²) in [7, 11) is 2.55. The molecule has 0 heterocycles. The Labute approximate surface area is 170 Å². The number of hydrogen-bond donors (Lipinski definition) is 2. The van der Waals surface area contributed by atoms with Crippen molar-refractivity contribution >= 4 is 28.9 Å². The number of hydrogen-bond acceptors (Lipinski definition) is 7. The van der Waals surface area contributed by atoms with Crippen LogP contribution in [0.25, 0.3) is 0 Å². The molecule has 2 aromatic rings. The predicted molar refractivity (Wildman–Crippen MR) is 106 cm³/mol. The van der Waals surface area contributed by atoms with Gasteiger partial charge >= 0.3 is 11.9 Å². The fourth-order valence-electron chi connectivity index (χ4n) is 2.54. The van der Waals surface area contributed by atoms with Crippen LogP contribution < -0.4 is 14.8 Å². The molecule has 0 saturated carbocycles. The normalized spacial score (nSPS) is 13.7. The van der Waals surface area contributed by atoms with Crippen molar-refractivity contribution < 1.29 is 32.6 Å². The van der Waals surface area contributed by atoms with E-state index in [1.165, 1.54) is 31.4 Å². The first-order valence-corrected chi connectivity index (χ1v) is 9.53. The van der Waals surface area contributed by atoms with Gasteiger partial charge in [0.25, 0.3) is 11.3 Å². The molecular formula is C19H22N2O7S. The topological polar surface area (TPSA) is 128 Å². The van der Waals surface area contributed by atoms with Gasteiger partial charge in [-0.25, -0.2) is 9.00 Å². The largest absolute Gasteiger partial charge is 0.497 e. The van der Waals surface area contributed by atoms with Gasteiger partial charge in [0.05, 0.1) is 19.9 Å². The van der Waals surface area contributed by atoms with Crippen LogP contribution in [0.3, 0.4) is 0 Å². The van der Waals surface area contributed by atoms with Crippen LogP contribution in [0.4, 0.5) is 5.69 Å². The molecule has 0 aromatic heterocycles. The summed E-state index contributed by atoms with van der Waals surface area (Å²) in [4.78, 5) is 24.8. The van der Waals surface area contributed by atoms with Crippen molar-refractivity contribution in [3.63, 3.8) is 0 Å². The summed E-state index contributed by atoms with van der Waals surface area (Å²) >= 11 is -2.69. The van der Waals surface area contributed by atoms with Crippen LogP contribution in [0.15, 0.2) is 54.6 Å². The number of carbonyl (C=O) groups excluding carboxylic acids is 2. The first-order valence-electron chi connectivity index (χ1n) is 8.47. The number of rotatable bonds is 9. The highest BCUT2D eigenvalue weighted by Gasteiger charge is 2.41. The van der Waals surface area contributed by atoms with Crippen LogP contribution in [-0.2, 0) is 36.9 Å². The van der Waals surface area contributed by atoms with E-state index in [0.717, 1.165) is 17.0 Å². The highest BCUT2D eigenvalue weighted by molar-refractivity contribution is 7.80. The van der Waals surface area contributed by atoms with Crippen LogP contribution in [0.2, 0.25) is 0 Å².